The van der Waals surface area contributed by atoms with Gasteiger partial charge in [0.05, 0.1) is 15.9 Å². The standard InChI is InChI=1S/C16H16N4O3S/c17-24(22,23)11-4-5-13-14(8-11)19-16(18-13)20-7-6-12-10(9-20)2-1-3-15(12)21/h1-5,8,21H,6-7,9H2,(H,18,19)(H2,17,22,23). The van der Waals surface area contributed by atoms with E-state index in [0.717, 1.165) is 17.5 Å². The number of nitrogens with two attached hydrogens (primary N) is 1. The van der Waals surface area contributed by atoms with Crippen molar-refractivity contribution in [1.82, 2.24) is 9.97 Å². The molecule has 124 valence electrons. The van der Waals surface area contributed by atoms with Gasteiger partial charge in [0.15, 0.2) is 0 Å². The minimum absolute atomic E-state index is 0.0547. The molecule has 1 aliphatic heterocycles. The summed E-state index contributed by atoms with van der Waals surface area (Å²) in [5.41, 5.74) is 3.34. The first-order chi connectivity index (χ1) is 11.4. The molecule has 3 aromatic rings. The number of nitrogens with zero attached hydrogens (tertiary/aromatic N) is 2. The maximum atomic E-state index is 11.5. The summed E-state index contributed by atoms with van der Waals surface area (Å²) in [7, 11) is -3.74. The van der Waals surface area contributed by atoms with Crippen LogP contribution in [0.1, 0.15) is 11.1 Å². The Bertz CT molecular complexity index is 1040. The molecule has 4 rings (SSSR count). The summed E-state index contributed by atoms with van der Waals surface area (Å²) in [6.07, 6.45) is 0.724. The fourth-order valence-electron chi connectivity index (χ4n) is 3.07. The third-order valence-corrected chi connectivity index (χ3v) is 5.22. The van der Waals surface area contributed by atoms with Crippen molar-refractivity contribution in [2.24, 2.45) is 5.14 Å². The Labute approximate surface area is 138 Å². The van der Waals surface area contributed by atoms with Crippen molar-refractivity contribution >= 4 is 27.0 Å². The summed E-state index contributed by atoms with van der Waals surface area (Å²) in [5.74, 6) is 1.00. The molecule has 0 unspecified atom stereocenters. The summed E-state index contributed by atoms with van der Waals surface area (Å²) < 4.78 is 22.9. The number of phenolic OH excluding ortho intramolecular Hbond substituents is 1. The van der Waals surface area contributed by atoms with Gasteiger partial charge in [-0.25, -0.2) is 18.5 Å². The first-order valence-corrected chi connectivity index (χ1v) is 9.04. The lowest BCUT2D eigenvalue weighted by molar-refractivity contribution is 0.464. The number of imidazole rings is 1. The van der Waals surface area contributed by atoms with Crippen LogP contribution in [-0.2, 0) is 23.0 Å². The highest BCUT2D eigenvalue weighted by Gasteiger charge is 2.21. The third kappa shape index (κ3) is 2.49. The van der Waals surface area contributed by atoms with Crippen LogP contribution >= 0.6 is 0 Å². The number of phenols is 1. The van der Waals surface area contributed by atoms with E-state index in [2.05, 4.69) is 14.9 Å². The van der Waals surface area contributed by atoms with Gasteiger partial charge in [-0.05, 0) is 36.2 Å². The lowest BCUT2D eigenvalue weighted by atomic mass is 9.99. The van der Waals surface area contributed by atoms with E-state index in [-0.39, 0.29) is 4.90 Å². The molecule has 8 heteroatoms. The number of rotatable bonds is 2. The predicted molar refractivity (Wildman–Crippen MR) is 90.3 cm³/mol. The molecule has 0 saturated carbocycles. The SMILES string of the molecule is NS(=O)(=O)c1ccc2nc(N3CCc4c(O)cccc4C3)[nH]c2c1. The van der Waals surface area contributed by atoms with Gasteiger partial charge in [0.1, 0.15) is 5.75 Å². The molecular weight excluding hydrogens is 328 g/mol. The highest BCUT2D eigenvalue weighted by Crippen LogP contribution is 2.29. The Hall–Kier alpha value is -2.58. The Kier molecular flexibility index (Phi) is 3.26. The number of fused-ring (bicyclic) bond motifs is 2. The molecule has 0 fully saturated rings. The van der Waals surface area contributed by atoms with E-state index in [9.17, 15) is 13.5 Å². The van der Waals surface area contributed by atoms with Crippen molar-refractivity contribution < 1.29 is 13.5 Å². The van der Waals surface area contributed by atoms with E-state index in [1.165, 1.54) is 12.1 Å². The van der Waals surface area contributed by atoms with Crippen LogP contribution in [0.15, 0.2) is 41.3 Å². The summed E-state index contributed by atoms with van der Waals surface area (Å²) in [6.45, 7) is 1.35. The molecule has 2 heterocycles. The zero-order chi connectivity index (χ0) is 16.9. The maximum absolute atomic E-state index is 11.5. The van der Waals surface area contributed by atoms with Gasteiger partial charge in [0.2, 0.25) is 16.0 Å². The smallest absolute Gasteiger partial charge is 0.238 e. The second kappa shape index (κ2) is 5.22. The van der Waals surface area contributed by atoms with Crippen molar-refractivity contribution in [3.63, 3.8) is 0 Å². The van der Waals surface area contributed by atoms with Crippen LogP contribution in [0.3, 0.4) is 0 Å². The van der Waals surface area contributed by atoms with Gasteiger partial charge in [-0.2, -0.15) is 0 Å². The second-order valence-electron chi connectivity index (χ2n) is 5.87. The van der Waals surface area contributed by atoms with Gasteiger partial charge in [-0.3, -0.25) is 0 Å². The van der Waals surface area contributed by atoms with Crippen LogP contribution in [0.4, 0.5) is 5.95 Å². The topological polar surface area (TPSA) is 112 Å². The van der Waals surface area contributed by atoms with E-state index < -0.39 is 10.0 Å². The highest BCUT2D eigenvalue weighted by atomic mass is 32.2. The number of hydrogen-bond donors (Lipinski definition) is 3. The molecular formula is C16H16N4O3S. The van der Waals surface area contributed by atoms with Gasteiger partial charge in [0.25, 0.3) is 0 Å². The molecule has 0 saturated heterocycles. The van der Waals surface area contributed by atoms with Gasteiger partial charge < -0.3 is 15.0 Å². The summed E-state index contributed by atoms with van der Waals surface area (Å²) in [5, 5.41) is 15.1. The fourth-order valence-corrected chi connectivity index (χ4v) is 3.61. The molecule has 0 aliphatic carbocycles. The zero-order valence-electron chi connectivity index (χ0n) is 12.7. The molecule has 0 spiro atoms. The van der Waals surface area contributed by atoms with E-state index in [1.54, 1.807) is 12.1 Å². The number of aromatic hydroxyl groups is 1. The maximum Gasteiger partial charge on any atom is 0.238 e. The predicted octanol–water partition coefficient (Wildman–Crippen LogP) is 1.48. The zero-order valence-corrected chi connectivity index (χ0v) is 13.5. The van der Waals surface area contributed by atoms with Crippen molar-refractivity contribution in [2.75, 3.05) is 11.4 Å². The van der Waals surface area contributed by atoms with Gasteiger partial charge in [-0.15, -0.1) is 0 Å². The van der Waals surface area contributed by atoms with Crippen LogP contribution in [-0.4, -0.2) is 30.0 Å². The van der Waals surface area contributed by atoms with Crippen molar-refractivity contribution in [3.8, 4) is 5.75 Å². The highest BCUT2D eigenvalue weighted by molar-refractivity contribution is 7.89. The van der Waals surface area contributed by atoms with Crippen molar-refractivity contribution in [3.05, 3.63) is 47.5 Å². The number of anilines is 1. The Balaban J connectivity index is 1.70. The number of hydrogen-bond acceptors (Lipinski definition) is 5. The van der Waals surface area contributed by atoms with E-state index in [1.807, 2.05) is 12.1 Å². The molecule has 7 nitrogen and oxygen atoms in total. The quantitative estimate of drug-likeness (QED) is 0.652. The summed E-state index contributed by atoms with van der Waals surface area (Å²) >= 11 is 0. The molecule has 0 atom stereocenters. The Morgan fingerprint density at radius 2 is 2.08 bits per heavy atom. The van der Waals surface area contributed by atoms with Gasteiger partial charge >= 0.3 is 0 Å². The van der Waals surface area contributed by atoms with Crippen LogP contribution in [0.5, 0.6) is 5.75 Å². The second-order valence-corrected chi connectivity index (χ2v) is 7.43. The molecule has 1 aromatic heterocycles. The van der Waals surface area contributed by atoms with E-state index in [0.29, 0.717) is 35.8 Å². The monoisotopic (exact) mass is 344 g/mol. The number of aromatic amines is 1. The molecule has 0 bridgehead atoms. The average Bonchev–Trinajstić information content (AvgIpc) is 2.97. The number of nitrogens with one attached hydrogen (secondary N) is 1. The van der Waals surface area contributed by atoms with Crippen LogP contribution in [0, 0.1) is 0 Å². The van der Waals surface area contributed by atoms with E-state index in [4.69, 9.17) is 5.14 Å². The number of primary sulfonamides is 1. The lowest BCUT2D eigenvalue weighted by Gasteiger charge is -2.28. The lowest BCUT2D eigenvalue weighted by Crippen LogP contribution is -2.31. The van der Waals surface area contributed by atoms with Crippen LogP contribution < -0.4 is 10.0 Å². The Morgan fingerprint density at radius 1 is 1.25 bits per heavy atom. The molecule has 4 N–H and O–H groups in total. The first-order valence-electron chi connectivity index (χ1n) is 7.49. The van der Waals surface area contributed by atoms with Gasteiger partial charge in [-0.1, -0.05) is 12.1 Å². The summed E-state index contributed by atoms with van der Waals surface area (Å²) in [6, 6.07) is 10.1. The number of H-pyrrole nitrogens is 1. The fraction of sp³-hybridized carbons (Fsp3) is 0.188. The van der Waals surface area contributed by atoms with Crippen LogP contribution in [0.2, 0.25) is 0 Å². The van der Waals surface area contributed by atoms with E-state index >= 15 is 0 Å². The largest absolute Gasteiger partial charge is 0.508 e. The molecule has 24 heavy (non-hydrogen) atoms. The van der Waals surface area contributed by atoms with Gasteiger partial charge in [0, 0.05) is 18.7 Å². The molecule has 1 aliphatic rings. The van der Waals surface area contributed by atoms with Crippen molar-refractivity contribution in [1.29, 1.82) is 0 Å². The molecule has 0 amide bonds. The van der Waals surface area contributed by atoms with Crippen molar-refractivity contribution in [2.45, 2.75) is 17.9 Å². The Morgan fingerprint density at radius 3 is 2.88 bits per heavy atom. The van der Waals surface area contributed by atoms with Crippen LogP contribution in [0.25, 0.3) is 11.0 Å². The molecule has 0 radical (unpaired) electrons. The average molecular weight is 344 g/mol. The normalized spacial score (nSPS) is 14.8. The minimum Gasteiger partial charge on any atom is -0.508 e. The number of sulfonamides is 1. The first kappa shape index (κ1) is 15.0. The number of aromatic nitrogens is 2. The number of benzene rings is 2. The third-order valence-electron chi connectivity index (χ3n) is 4.31. The minimum atomic E-state index is -3.74. The molecule has 2 aromatic carbocycles. The summed E-state index contributed by atoms with van der Waals surface area (Å²) in [4.78, 5) is 9.81.